The Bertz CT molecular complexity index is 885. The Kier molecular flexibility index (Phi) is 4.64. The number of carbonyl (C=O) groups excluding carboxylic acids is 1. The minimum atomic E-state index is -0.233. The monoisotopic (exact) mass is 326 g/mol. The van der Waals surface area contributed by atoms with Crippen molar-refractivity contribution in [3.05, 3.63) is 30.0 Å². The molecule has 0 saturated heterocycles. The van der Waals surface area contributed by atoms with Crippen molar-refractivity contribution in [1.82, 2.24) is 14.8 Å². The van der Waals surface area contributed by atoms with Crippen LogP contribution >= 0.6 is 0 Å². The molecule has 126 valence electrons. The molecule has 0 aliphatic carbocycles. The predicted molar refractivity (Wildman–Crippen MR) is 94.7 cm³/mol. The highest BCUT2D eigenvalue weighted by molar-refractivity contribution is 6.09. The number of hydrogen-bond donors (Lipinski definition) is 1. The molecule has 1 aromatic carbocycles. The molecule has 2 N–H and O–H groups in total. The van der Waals surface area contributed by atoms with E-state index >= 15 is 0 Å². The highest BCUT2D eigenvalue weighted by atomic mass is 16.5. The highest BCUT2D eigenvalue weighted by Crippen LogP contribution is 2.31. The van der Waals surface area contributed by atoms with E-state index in [9.17, 15) is 4.79 Å². The highest BCUT2D eigenvalue weighted by Gasteiger charge is 2.16. The number of aryl methyl sites for hydroxylation is 2. The van der Waals surface area contributed by atoms with Crippen LogP contribution in [0.2, 0.25) is 0 Å². The number of unbranched alkanes of at least 4 members (excludes halogenated alkanes) is 1. The van der Waals surface area contributed by atoms with Crippen molar-refractivity contribution in [3.63, 3.8) is 0 Å². The number of anilines is 1. The third-order valence-corrected chi connectivity index (χ3v) is 4.13. The molecule has 0 spiro atoms. The largest absolute Gasteiger partial charge is 0.466 e. The van der Waals surface area contributed by atoms with E-state index < -0.39 is 0 Å². The van der Waals surface area contributed by atoms with Crippen molar-refractivity contribution < 1.29 is 9.53 Å². The lowest BCUT2D eigenvalue weighted by Crippen LogP contribution is -2.05. The molecule has 2 aromatic heterocycles. The Balaban J connectivity index is 1.97. The Morgan fingerprint density at radius 3 is 2.83 bits per heavy atom. The molecule has 0 atom stereocenters. The van der Waals surface area contributed by atoms with Crippen LogP contribution in [0.1, 0.15) is 32.4 Å². The second-order valence-corrected chi connectivity index (χ2v) is 5.80. The van der Waals surface area contributed by atoms with E-state index in [1.54, 1.807) is 0 Å². The molecule has 0 aliphatic rings. The Morgan fingerprint density at radius 1 is 1.29 bits per heavy atom. The second kappa shape index (κ2) is 6.86. The van der Waals surface area contributed by atoms with Crippen molar-refractivity contribution in [2.75, 3.05) is 12.3 Å². The van der Waals surface area contributed by atoms with Gasteiger partial charge in [0.2, 0.25) is 0 Å². The van der Waals surface area contributed by atoms with Crippen molar-refractivity contribution in [3.8, 4) is 0 Å². The lowest BCUT2D eigenvalue weighted by molar-refractivity contribution is -0.141. The average molecular weight is 326 g/mol. The second-order valence-electron chi connectivity index (χ2n) is 5.80. The molecule has 2 heterocycles. The number of pyridine rings is 1. The van der Waals surface area contributed by atoms with Gasteiger partial charge in [-0.2, -0.15) is 5.10 Å². The van der Waals surface area contributed by atoms with E-state index in [0.29, 0.717) is 12.4 Å². The van der Waals surface area contributed by atoms with E-state index in [1.807, 2.05) is 22.9 Å². The molecule has 0 fully saturated rings. The fraction of sp³-hybridized carbons (Fsp3) is 0.389. The van der Waals surface area contributed by atoms with Gasteiger partial charge < -0.3 is 10.5 Å². The molecule has 0 saturated carbocycles. The number of para-hydroxylation sites is 1. The van der Waals surface area contributed by atoms with E-state index in [0.717, 1.165) is 47.6 Å². The van der Waals surface area contributed by atoms with E-state index in [-0.39, 0.29) is 5.97 Å². The topological polar surface area (TPSA) is 83.0 Å². The number of hydrogen-bond acceptors (Lipinski definition) is 5. The van der Waals surface area contributed by atoms with Crippen LogP contribution in [-0.2, 0) is 22.5 Å². The predicted octanol–water partition coefficient (Wildman–Crippen LogP) is 3.07. The van der Waals surface area contributed by atoms with Gasteiger partial charge in [-0.3, -0.25) is 9.48 Å². The van der Waals surface area contributed by atoms with Gasteiger partial charge in [0, 0.05) is 29.9 Å². The molecule has 6 nitrogen and oxygen atoms in total. The van der Waals surface area contributed by atoms with Crippen molar-refractivity contribution in [2.24, 2.45) is 0 Å². The SMILES string of the molecule is CCn1nc2c(N)nc3ccccc3c2c1CCCCOC(C)=O. The van der Waals surface area contributed by atoms with Crippen LogP contribution < -0.4 is 5.73 Å². The number of aromatic nitrogens is 3. The van der Waals surface area contributed by atoms with Crippen LogP contribution in [0.4, 0.5) is 5.82 Å². The molecule has 6 heteroatoms. The Labute approximate surface area is 140 Å². The zero-order chi connectivity index (χ0) is 17.1. The number of esters is 1. The number of nitrogen functional groups attached to an aromatic ring is 1. The minimum absolute atomic E-state index is 0.233. The third-order valence-electron chi connectivity index (χ3n) is 4.13. The van der Waals surface area contributed by atoms with Crippen molar-refractivity contribution >= 4 is 33.6 Å². The molecule has 0 bridgehead atoms. The van der Waals surface area contributed by atoms with Crippen LogP contribution in [0.3, 0.4) is 0 Å². The summed E-state index contributed by atoms with van der Waals surface area (Å²) in [7, 11) is 0. The van der Waals surface area contributed by atoms with Gasteiger partial charge in [0.25, 0.3) is 0 Å². The summed E-state index contributed by atoms with van der Waals surface area (Å²) in [5, 5.41) is 6.82. The number of fused-ring (bicyclic) bond motifs is 3. The Hall–Kier alpha value is -2.63. The first-order chi connectivity index (χ1) is 11.6. The van der Waals surface area contributed by atoms with Gasteiger partial charge in [-0.05, 0) is 32.3 Å². The number of benzene rings is 1. The number of ether oxygens (including phenoxy) is 1. The lowest BCUT2D eigenvalue weighted by Gasteiger charge is -2.07. The zero-order valence-corrected chi connectivity index (χ0v) is 14.1. The van der Waals surface area contributed by atoms with Crippen LogP contribution in [0.15, 0.2) is 24.3 Å². The minimum Gasteiger partial charge on any atom is -0.466 e. The number of carbonyl (C=O) groups is 1. The summed E-state index contributed by atoms with van der Waals surface area (Å²) in [5.74, 6) is 0.237. The van der Waals surface area contributed by atoms with Crippen molar-refractivity contribution in [2.45, 2.75) is 39.7 Å². The average Bonchev–Trinajstić information content (AvgIpc) is 2.94. The fourth-order valence-electron chi connectivity index (χ4n) is 3.05. The fourth-order valence-corrected chi connectivity index (χ4v) is 3.05. The van der Waals surface area contributed by atoms with Gasteiger partial charge in [-0.25, -0.2) is 4.98 Å². The quantitative estimate of drug-likeness (QED) is 0.556. The Morgan fingerprint density at radius 2 is 2.08 bits per heavy atom. The van der Waals surface area contributed by atoms with E-state index in [1.165, 1.54) is 12.6 Å². The number of nitrogens with two attached hydrogens (primary N) is 1. The normalized spacial score (nSPS) is 11.2. The summed E-state index contributed by atoms with van der Waals surface area (Å²) in [6.07, 6.45) is 2.61. The molecule has 24 heavy (non-hydrogen) atoms. The number of rotatable bonds is 6. The molecule has 3 rings (SSSR count). The summed E-state index contributed by atoms with van der Waals surface area (Å²) in [6.45, 7) is 4.74. The molecular weight excluding hydrogens is 304 g/mol. The smallest absolute Gasteiger partial charge is 0.302 e. The van der Waals surface area contributed by atoms with Gasteiger partial charge >= 0.3 is 5.97 Å². The molecular formula is C18H22N4O2. The summed E-state index contributed by atoms with van der Waals surface area (Å²) in [5.41, 5.74) is 8.95. The van der Waals surface area contributed by atoms with Crippen LogP contribution in [0, 0.1) is 0 Å². The first kappa shape index (κ1) is 16.2. The van der Waals surface area contributed by atoms with Crippen molar-refractivity contribution in [1.29, 1.82) is 0 Å². The van der Waals surface area contributed by atoms with Gasteiger partial charge in [-0.15, -0.1) is 0 Å². The standard InChI is InChI=1S/C18H22N4O2/c1-3-22-15(10-6-7-11-24-12(2)23)16-13-8-4-5-9-14(13)20-18(19)17(16)21-22/h4-5,8-9H,3,6-7,10-11H2,1-2H3,(H2,19,20). The summed E-state index contributed by atoms with van der Waals surface area (Å²) >= 11 is 0. The van der Waals surface area contributed by atoms with Crippen LogP contribution in [-0.4, -0.2) is 27.3 Å². The van der Waals surface area contributed by atoms with E-state index in [4.69, 9.17) is 10.5 Å². The molecule has 0 unspecified atom stereocenters. The summed E-state index contributed by atoms with van der Waals surface area (Å²) in [4.78, 5) is 15.3. The third kappa shape index (κ3) is 3.04. The van der Waals surface area contributed by atoms with E-state index in [2.05, 4.69) is 23.1 Å². The van der Waals surface area contributed by atoms with Gasteiger partial charge in [0.05, 0.1) is 12.1 Å². The molecule has 0 radical (unpaired) electrons. The van der Waals surface area contributed by atoms with Gasteiger partial charge in [0.15, 0.2) is 5.82 Å². The van der Waals surface area contributed by atoms with Gasteiger partial charge in [0.1, 0.15) is 5.52 Å². The molecule has 0 amide bonds. The van der Waals surface area contributed by atoms with Gasteiger partial charge in [-0.1, -0.05) is 18.2 Å². The van der Waals surface area contributed by atoms with Crippen LogP contribution in [0.5, 0.6) is 0 Å². The molecule has 3 aromatic rings. The maximum absolute atomic E-state index is 10.8. The zero-order valence-electron chi connectivity index (χ0n) is 14.1. The first-order valence-corrected chi connectivity index (χ1v) is 8.28. The summed E-state index contributed by atoms with van der Waals surface area (Å²) in [6, 6.07) is 8.00. The maximum Gasteiger partial charge on any atom is 0.302 e. The first-order valence-electron chi connectivity index (χ1n) is 8.28. The maximum atomic E-state index is 10.8. The lowest BCUT2D eigenvalue weighted by atomic mass is 10.1. The molecule has 0 aliphatic heterocycles. The van der Waals surface area contributed by atoms with Crippen LogP contribution in [0.25, 0.3) is 21.8 Å². The summed E-state index contributed by atoms with van der Waals surface area (Å²) < 4.78 is 7.00. The number of nitrogens with zero attached hydrogens (tertiary/aromatic N) is 3.